The molecule has 0 aromatic heterocycles. The van der Waals surface area contributed by atoms with Crippen molar-refractivity contribution in [3.05, 3.63) is 23.3 Å². The minimum atomic E-state index is -0.101. The van der Waals surface area contributed by atoms with Crippen molar-refractivity contribution in [2.45, 2.75) is 40.5 Å². The molecule has 0 aliphatic carbocycles. The zero-order valence-corrected chi connectivity index (χ0v) is 10.9. The van der Waals surface area contributed by atoms with Crippen molar-refractivity contribution >= 4 is 6.03 Å². The molecule has 2 N–H and O–H groups in total. The van der Waals surface area contributed by atoms with Crippen LogP contribution in [0.15, 0.2) is 23.3 Å². The summed E-state index contributed by atoms with van der Waals surface area (Å²) in [4.78, 5) is 11.1. The molecule has 16 heavy (non-hydrogen) atoms. The Balaban J connectivity index is 3.70. The Labute approximate surface area is 99.0 Å². The Bertz CT molecular complexity index is 263. The van der Waals surface area contributed by atoms with Gasteiger partial charge in [-0.25, -0.2) is 4.79 Å². The molecule has 0 aliphatic heterocycles. The van der Waals surface area contributed by atoms with E-state index in [1.54, 1.807) is 0 Å². The molecule has 2 amide bonds. The summed E-state index contributed by atoms with van der Waals surface area (Å²) >= 11 is 0. The van der Waals surface area contributed by atoms with E-state index in [0.29, 0.717) is 13.1 Å². The first-order chi connectivity index (χ1) is 7.56. The third kappa shape index (κ3) is 9.31. The van der Waals surface area contributed by atoms with Gasteiger partial charge >= 0.3 is 6.03 Å². The van der Waals surface area contributed by atoms with Crippen LogP contribution in [0.2, 0.25) is 0 Å². The molecule has 0 aromatic rings. The maximum absolute atomic E-state index is 11.1. The molecule has 0 saturated carbocycles. The predicted molar refractivity (Wildman–Crippen MR) is 69.5 cm³/mol. The highest BCUT2D eigenvalue weighted by molar-refractivity contribution is 5.73. The van der Waals surface area contributed by atoms with Crippen LogP contribution in [-0.4, -0.2) is 19.1 Å². The first kappa shape index (κ1) is 14.8. The molecule has 0 aliphatic rings. The first-order valence-electron chi connectivity index (χ1n) is 5.87. The van der Waals surface area contributed by atoms with Crippen LogP contribution in [0.5, 0.6) is 0 Å². The van der Waals surface area contributed by atoms with Gasteiger partial charge in [0.05, 0.1) is 0 Å². The van der Waals surface area contributed by atoms with Crippen LogP contribution in [0.1, 0.15) is 40.5 Å². The molecule has 92 valence electrons. The fourth-order valence-electron chi connectivity index (χ4n) is 1.23. The van der Waals surface area contributed by atoms with Gasteiger partial charge in [-0.05, 0) is 40.5 Å². The summed E-state index contributed by atoms with van der Waals surface area (Å²) in [6.45, 7) is 9.48. The van der Waals surface area contributed by atoms with Gasteiger partial charge in [-0.3, -0.25) is 0 Å². The number of carbonyl (C=O) groups excluding carboxylic acids is 1. The second-order valence-electron chi connectivity index (χ2n) is 4.11. The van der Waals surface area contributed by atoms with Gasteiger partial charge in [-0.2, -0.15) is 0 Å². The van der Waals surface area contributed by atoms with E-state index < -0.39 is 0 Å². The Morgan fingerprint density at radius 1 is 1.12 bits per heavy atom. The van der Waals surface area contributed by atoms with Gasteiger partial charge in [-0.1, -0.05) is 23.3 Å². The van der Waals surface area contributed by atoms with E-state index in [4.69, 9.17) is 0 Å². The highest BCUT2D eigenvalue weighted by Gasteiger charge is 1.94. The number of rotatable bonds is 6. The molecule has 0 saturated heterocycles. The van der Waals surface area contributed by atoms with Gasteiger partial charge in [0, 0.05) is 13.1 Å². The van der Waals surface area contributed by atoms with Crippen molar-refractivity contribution in [1.29, 1.82) is 0 Å². The SMILES string of the molecule is CCNC(=O)NCC=C(C)CCC=C(C)C. The number of urea groups is 1. The van der Waals surface area contributed by atoms with Crippen LogP contribution in [0.3, 0.4) is 0 Å². The molecule has 0 unspecified atom stereocenters. The predicted octanol–water partition coefficient (Wildman–Crippen LogP) is 3.00. The largest absolute Gasteiger partial charge is 0.338 e. The van der Waals surface area contributed by atoms with E-state index in [0.717, 1.165) is 12.8 Å². The summed E-state index contributed by atoms with van der Waals surface area (Å²) in [6.07, 6.45) is 6.43. The van der Waals surface area contributed by atoms with Crippen LogP contribution >= 0.6 is 0 Å². The molecule has 0 fully saturated rings. The zero-order chi connectivity index (χ0) is 12.4. The topological polar surface area (TPSA) is 41.1 Å². The molecule has 0 heterocycles. The van der Waals surface area contributed by atoms with Crippen molar-refractivity contribution in [2.75, 3.05) is 13.1 Å². The summed E-state index contributed by atoms with van der Waals surface area (Å²) in [5, 5.41) is 5.46. The lowest BCUT2D eigenvalue weighted by Crippen LogP contribution is -2.35. The highest BCUT2D eigenvalue weighted by atomic mass is 16.2. The second kappa shape index (κ2) is 9.01. The summed E-state index contributed by atoms with van der Waals surface area (Å²) < 4.78 is 0. The zero-order valence-electron chi connectivity index (χ0n) is 10.9. The fraction of sp³-hybridized carbons (Fsp3) is 0.615. The molecule has 0 aromatic carbocycles. The van der Waals surface area contributed by atoms with Gasteiger partial charge < -0.3 is 10.6 Å². The molecule has 0 rings (SSSR count). The van der Waals surface area contributed by atoms with E-state index >= 15 is 0 Å². The van der Waals surface area contributed by atoms with Crippen molar-refractivity contribution in [2.24, 2.45) is 0 Å². The monoisotopic (exact) mass is 224 g/mol. The summed E-state index contributed by atoms with van der Waals surface area (Å²) in [5.74, 6) is 0. The average Bonchev–Trinajstić information content (AvgIpc) is 2.17. The molecular weight excluding hydrogens is 200 g/mol. The summed E-state index contributed by atoms with van der Waals surface area (Å²) in [5.41, 5.74) is 2.67. The van der Waals surface area contributed by atoms with E-state index in [2.05, 4.69) is 43.6 Å². The molecule has 3 nitrogen and oxygen atoms in total. The molecule has 0 radical (unpaired) electrons. The van der Waals surface area contributed by atoms with Crippen LogP contribution in [-0.2, 0) is 0 Å². The van der Waals surface area contributed by atoms with Crippen LogP contribution in [0, 0.1) is 0 Å². The third-order valence-electron chi connectivity index (χ3n) is 2.14. The maximum Gasteiger partial charge on any atom is 0.315 e. The molecule has 0 spiro atoms. The van der Waals surface area contributed by atoms with Crippen molar-refractivity contribution in [1.82, 2.24) is 10.6 Å². The van der Waals surface area contributed by atoms with Crippen LogP contribution < -0.4 is 10.6 Å². The van der Waals surface area contributed by atoms with E-state index in [9.17, 15) is 4.79 Å². The van der Waals surface area contributed by atoms with Crippen molar-refractivity contribution in [3.8, 4) is 0 Å². The van der Waals surface area contributed by atoms with Gasteiger partial charge in [-0.15, -0.1) is 0 Å². The Kier molecular flexibility index (Phi) is 8.31. The van der Waals surface area contributed by atoms with Crippen molar-refractivity contribution in [3.63, 3.8) is 0 Å². The van der Waals surface area contributed by atoms with Crippen molar-refractivity contribution < 1.29 is 4.79 Å². The smallest absolute Gasteiger partial charge is 0.315 e. The highest BCUT2D eigenvalue weighted by Crippen LogP contribution is 2.05. The van der Waals surface area contributed by atoms with Gasteiger partial charge in [0.1, 0.15) is 0 Å². The van der Waals surface area contributed by atoms with Gasteiger partial charge in [0.25, 0.3) is 0 Å². The molecular formula is C13H24N2O. The number of allylic oxidation sites excluding steroid dienone is 3. The van der Waals surface area contributed by atoms with Gasteiger partial charge in [0.15, 0.2) is 0 Å². The number of hydrogen-bond donors (Lipinski definition) is 2. The lowest BCUT2D eigenvalue weighted by molar-refractivity contribution is 0.242. The number of amides is 2. The lowest BCUT2D eigenvalue weighted by Gasteiger charge is -2.03. The number of hydrogen-bond acceptors (Lipinski definition) is 1. The Hall–Kier alpha value is -1.25. The third-order valence-corrected chi connectivity index (χ3v) is 2.14. The molecule has 0 bridgehead atoms. The lowest BCUT2D eigenvalue weighted by atomic mass is 10.1. The normalized spacial score (nSPS) is 10.9. The minimum absolute atomic E-state index is 0.101. The quantitative estimate of drug-likeness (QED) is 0.669. The fourth-order valence-corrected chi connectivity index (χ4v) is 1.23. The molecule has 3 heteroatoms. The number of carbonyl (C=O) groups is 1. The minimum Gasteiger partial charge on any atom is -0.338 e. The first-order valence-corrected chi connectivity index (χ1v) is 5.87. The van der Waals surface area contributed by atoms with E-state index in [1.807, 2.05) is 6.92 Å². The summed E-state index contributed by atoms with van der Waals surface area (Å²) in [6, 6.07) is -0.101. The second-order valence-corrected chi connectivity index (χ2v) is 4.11. The van der Waals surface area contributed by atoms with Crippen LogP contribution in [0.4, 0.5) is 4.79 Å². The van der Waals surface area contributed by atoms with Crippen LogP contribution in [0.25, 0.3) is 0 Å². The van der Waals surface area contributed by atoms with Gasteiger partial charge in [0.2, 0.25) is 0 Å². The Morgan fingerprint density at radius 2 is 1.81 bits per heavy atom. The Morgan fingerprint density at radius 3 is 2.38 bits per heavy atom. The standard InChI is InChI=1S/C13H24N2O/c1-5-14-13(16)15-10-9-12(4)8-6-7-11(2)3/h7,9H,5-6,8,10H2,1-4H3,(H2,14,15,16). The number of nitrogens with one attached hydrogen (secondary N) is 2. The average molecular weight is 224 g/mol. The van der Waals surface area contributed by atoms with E-state index in [1.165, 1.54) is 11.1 Å². The molecule has 0 atom stereocenters. The van der Waals surface area contributed by atoms with E-state index in [-0.39, 0.29) is 6.03 Å². The summed E-state index contributed by atoms with van der Waals surface area (Å²) in [7, 11) is 0. The maximum atomic E-state index is 11.1.